The summed E-state index contributed by atoms with van der Waals surface area (Å²) in [6.45, 7) is 4.91. The van der Waals surface area contributed by atoms with Crippen LogP contribution < -0.4 is 9.46 Å². The van der Waals surface area contributed by atoms with Crippen molar-refractivity contribution in [2.24, 2.45) is 0 Å². The van der Waals surface area contributed by atoms with Gasteiger partial charge in [-0.1, -0.05) is 25.3 Å². The molecule has 1 saturated heterocycles. The van der Waals surface area contributed by atoms with Gasteiger partial charge in [-0.3, -0.25) is 9.59 Å². The van der Waals surface area contributed by atoms with Gasteiger partial charge in [0.25, 0.3) is 11.8 Å². The minimum absolute atomic E-state index is 0.114. The van der Waals surface area contributed by atoms with Crippen molar-refractivity contribution in [1.29, 1.82) is 0 Å². The minimum Gasteiger partial charge on any atom is -0.497 e. The van der Waals surface area contributed by atoms with Crippen LogP contribution in [0, 0.1) is 0 Å². The topological polar surface area (TPSA) is 123 Å². The number of carbonyl (C=O) groups excluding carboxylic acids is 2. The quantitative estimate of drug-likeness (QED) is 0.348. The number of amides is 2. The Morgan fingerprint density at radius 3 is 2.37 bits per heavy atom. The molecule has 2 amide bonds. The lowest BCUT2D eigenvalue weighted by molar-refractivity contribution is -0.182. The number of nitrogens with zero attached hydrogens (tertiary/aromatic N) is 4. The summed E-state index contributed by atoms with van der Waals surface area (Å²) in [5.74, 6) is -1.15. The highest BCUT2D eigenvalue weighted by atomic mass is 32.2. The van der Waals surface area contributed by atoms with Crippen LogP contribution in [0.15, 0.2) is 36.4 Å². The normalized spacial score (nSPS) is 22.0. The van der Waals surface area contributed by atoms with Gasteiger partial charge in [0.15, 0.2) is 11.4 Å². The Hall–Kier alpha value is -3.49. The summed E-state index contributed by atoms with van der Waals surface area (Å²) in [6.07, 6.45) is 4.66. The lowest BCUT2D eigenvalue weighted by atomic mass is 9.80. The summed E-state index contributed by atoms with van der Waals surface area (Å²) in [5.41, 5.74) is 3.28. The average Bonchev–Trinajstić information content (AvgIpc) is 3.49. The zero-order chi connectivity index (χ0) is 35.5. The first-order valence-electron chi connectivity index (χ1n) is 17.0. The van der Waals surface area contributed by atoms with Crippen LogP contribution in [0.5, 0.6) is 5.75 Å². The van der Waals surface area contributed by atoms with Gasteiger partial charge in [-0.25, -0.2) is 4.72 Å². The molecule has 1 unspecified atom stereocenters. The highest BCUT2D eigenvalue weighted by Crippen LogP contribution is 2.56. The van der Waals surface area contributed by atoms with Crippen LogP contribution >= 0.6 is 0 Å². The third-order valence-electron chi connectivity index (χ3n) is 10.1. The number of likely N-dealkylation sites (N-methyl/N-ethyl adjacent to an activating group) is 2. The van der Waals surface area contributed by atoms with E-state index in [2.05, 4.69) is 9.29 Å². The molecular formula is C36H49N5O7S. The highest BCUT2D eigenvalue weighted by Gasteiger charge is 2.62. The van der Waals surface area contributed by atoms with Gasteiger partial charge < -0.3 is 28.6 Å². The Kier molecular flexibility index (Phi) is 9.38. The van der Waals surface area contributed by atoms with Crippen molar-refractivity contribution >= 4 is 32.9 Å². The molecule has 0 radical (unpaired) electrons. The Balaban J connectivity index is 1.64. The molecule has 49 heavy (non-hydrogen) atoms. The molecule has 1 N–H and O–H groups in total. The molecule has 2 atom stereocenters. The Morgan fingerprint density at radius 1 is 1.00 bits per heavy atom. The van der Waals surface area contributed by atoms with E-state index >= 15 is 0 Å². The van der Waals surface area contributed by atoms with Crippen molar-refractivity contribution in [2.75, 3.05) is 55.4 Å². The molecule has 2 fully saturated rings. The zero-order valence-corrected chi connectivity index (χ0v) is 30.6. The molecule has 12 nitrogen and oxygen atoms in total. The number of methoxy groups -OCH3 is 1. The van der Waals surface area contributed by atoms with E-state index in [0.29, 0.717) is 18.8 Å². The first-order valence-corrected chi connectivity index (χ1v) is 18.4. The van der Waals surface area contributed by atoms with Crippen LogP contribution in [-0.4, -0.2) is 106 Å². The molecule has 1 aliphatic carbocycles. The second-order valence-electron chi connectivity index (χ2n) is 14.5. The average molecular weight is 696 g/mol. The highest BCUT2D eigenvalue weighted by molar-refractivity contribution is 7.87. The van der Waals surface area contributed by atoms with Crippen LogP contribution in [0.2, 0.25) is 0 Å². The predicted octanol–water partition coefficient (Wildman–Crippen LogP) is 4.50. The number of ether oxygens (including phenoxy) is 3. The van der Waals surface area contributed by atoms with Crippen LogP contribution in [0.1, 0.15) is 79.5 Å². The summed E-state index contributed by atoms with van der Waals surface area (Å²) in [4.78, 5) is 32.1. The van der Waals surface area contributed by atoms with Crippen LogP contribution in [-0.2, 0) is 31.0 Å². The van der Waals surface area contributed by atoms with Gasteiger partial charge >= 0.3 is 10.2 Å². The molecule has 2 aliphatic heterocycles. The number of carbonyl (C=O) groups is 2. The molecule has 3 aliphatic rings. The lowest BCUT2D eigenvalue weighted by Crippen LogP contribution is -2.54. The summed E-state index contributed by atoms with van der Waals surface area (Å²) >= 11 is 0. The third kappa shape index (κ3) is 6.35. The molecule has 2 aromatic carbocycles. The van der Waals surface area contributed by atoms with E-state index in [4.69, 9.17) is 14.2 Å². The molecule has 0 bridgehead atoms. The standard InChI is InChI=1S/C36H49N5O7S/c1-35(2)47-32-28-21-25(46-8)15-17-26(28)31-30(23-12-10-9-11-13-23)27-16-14-24(33(42)37-49(44,45)39(5)6)20-29(27)41(31)22-36(32,48-35)34(43)40(7)19-18-38(3)4/h14-17,20-21,23,32H,9-13,18-19,22H2,1-8H3,(H,37,42)/t32-,36?/m0/s1. The van der Waals surface area contributed by atoms with E-state index in [1.54, 1.807) is 31.2 Å². The molecule has 3 aromatic rings. The predicted molar refractivity (Wildman–Crippen MR) is 188 cm³/mol. The van der Waals surface area contributed by atoms with Crippen molar-refractivity contribution in [3.63, 3.8) is 0 Å². The van der Waals surface area contributed by atoms with E-state index < -0.39 is 33.6 Å². The fraction of sp³-hybridized carbons (Fsp3) is 0.556. The molecule has 0 spiro atoms. The maximum atomic E-state index is 14.9. The fourth-order valence-electron chi connectivity index (χ4n) is 7.70. The van der Waals surface area contributed by atoms with E-state index in [9.17, 15) is 18.0 Å². The molecule has 1 saturated carbocycles. The maximum Gasteiger partial charge on any atom is 0.303 e. The molecule has 13 heteroatoms. The third-order valence-corrected chi connectivity index (χ3v) is 11.5. The number of benzene rings is 2. The van der Waals surface area contributed by atoms with Crippen molar-refractivity contribution in [2.45, 2.75) is 75.9 Å². The van der Waals surface area contributed by atoms with E-state index in [0.717, 1.165) is 63.3 Å². The maximum absolute atomic E-state index is 14.9. The van der Waals surface area contributed by atoms with Gasteiger partial charge in [0.2, 0.25) is 0 Å². The van der Waals surface area contributed by atoms with Crippen LogP contribution in [0.4, 0.5) is 0 Å². The number of hydrogen-bond acceptors (Lipinski definition) is 8. The molecule has 1 aromatic heterocycles. The summed E-state index contributed by atoms with van der Waals surface area (Å²) < 4.78 is 49.7. The number of rotatable bonds is 9. The number of aromatic nitrogens is 1. The van der Waals surface area contributed by atoms with Crippen molar-refractivity contribution in [3.05, 3.63) is 53.1 Å². The second kappa shape index (κ2) is 13.0. The fourth-order valence-corrected chi connectivity index (χ4v) is 8.24. The van der Waals surface area contributed by atoms with Crippen molar-refractivity contribution in [1.82, 2.24) is 23.4 Å². The Labute approximate surface area is 289 Å². The summed E-state index contributed by atoms with van der Waals surface area (Å²) in [5, 5.41) is 0.968. The van der Waals surface area contributed by atoms with Gasteiger partial charge in [0.05, 0.1) is 19.3 Å². The zero-order valence-electron chi connectivity index (χ0n) is 29.8. The van der Waals surface area contributed by atoms with E-state index in [1.807, 2.05) is 57.1 Å². The molecular weight excluding hydrogens is 646 g/mol. The van der Waals surface area contributed by atoms with Gasteiger partial charge in [-0.2, -0.15) is 12.7 Å². The second-order valence-corrected chi connectivity index (χ2v) is 16.4. The van der Waals surface area contributed by atoms with Crippen LogP contribution in [0.3, 0.4) is 0 Å². The number of nitrogens with one attached hydrogen (secondary N) is 1. The number of hydrogen-bond donors (Lipinski definition) is 1. The van der Waals surface area contributed by atoms with Crippen LogP contribution in [0.25, 0.3) is 22.2 Å². The van der Waals surface area contributed by atoms with Crippen molar-refractivity contribution in [3.8, 4) is 17.0 Å². The van der Waals surface area contributed by atoms with E-state index in [1.165, 1.54) is 20.5 Å². The Morgan fingerprint density at radius 2 is 1.71 bits per heavy atom. The molecule has 3 heterocycles. The van der Waals surface area contributed by atoms with E-state index in [-0.39, 0.29) is 23.9 Å². The summed E-state index contributed by atoms with van der Waals surface area (Å²) in [7, 11) is 6.05. The van der Waals surface area contributed by atoms with Gasteiger partial charge in [-0.05, 0) is 88.2 Å². The number of fused-ring (bicyclic) bond motifs is 7. The first kappa shape index (κ1) is 35.3. The largest absolute Gasteiger partial charge is 0.497 e. The molecule has 6 rings (SSSR count). The Bertz CT molecular complexity index is 1880. The molecule has 266 valence electrons. The van der Waals surface area contributed by atoms with Gasteiger partial charge in [0.1, 0.15) is 11.9 Å². The minimum atomic E-state index is -4.02. The lowest BCUT2D eigenvalue weighted by Gasteiger charge is -2.35. The SMILES string of the molecule is COc1ccc2c(c1)[C@@H]1OC(C)(C)OC1(C(=O)N(C)CCN(C)C)Cn1c-2c(C2CCCCC2)c2ccc(C(=O)NS(=O)(=O)N(C)C)cc21. The first-order chi connectivity index (χ1) is 23.1. The van der Waals surface area contributed by atoms with Gasteiger partial charge in [0, 0.05) is 56.3 Å². The van der Waals surface area contributed by atoms with Crippen molar-refractivity contribution < 1.29 is 32.2 Å². The smallest absolute Gasteiger partial charge is 0.303 e. The summed E-state index contributed by atoms with van der Waals surface area (Å²) in [6, 6.07) is 11.3. The van der Waals surface area contributed by atoms with Gasteiger partial charge in [-0.15, -0.1) is 0 Å². The monoisotopic (exact) mass is 695 g/mol.